The molecule has 0 atom stereocenters. The number of imide groups is 1. The minimum absolute atomic E-state index is 0.0909. The fraction of sp³-hybridized carbons (Fsp3) is 0.250. The van der Waals surface area contributed by atoms with Gasteiger partial charge in [0.25, 0.3) is 0 Å². The molecule has 0 aliphatic carbocycles. The topological polar surface area (TPSA) is 92.5 Å². The van der Waals surface area contributed by atoms with Gasteiger partial charge in [0.1, 0.15) is 0 Å². The van der Waals surface area contributed by atoms with Crippen LogP contribution in [0.15, 0.2) is 18.2 Å². The van der Waals surface area contributed by atoms with Crippen molar-refractivity contribution < 1.29 is 14.4 Å². The molecule has 108 valence electrons. The summed E-state index contributed by atoms with van der Waals surface area (Å²) in [5.74, 6) is -1.90. The predicted octanol–water partition coefficient (Wildman–Crippen LogP) is 1.27. The van der Waals surface area contributed by atoms with Crippen molar-refractivity contribution >= 4 is 47.1 Å². The van der Waals surface area contributed by atoms with Gasteiger partial charge in [-0.2, -0.15) is 0 Å². The van der Waals surface area contributed by atoms with Gasteiger partial charge in [0, 0.05) is 12.2 Å². The molecule has 0 aliphatic rings. The first kappa shape index (κ1) is 16.4. The molecule has 3 N–H and O–H groups in total. The number of hydrogen-bond acceptors (Lipinski definition) is 4. The van der Waals surface area contributed by atoms with Crippen molar-refractivity contribution in [2.45, 2.75) is 6.42 Å². The van der Waals surface area contributed by atoms with Gasteiger partial charge in [0.05, 0.1) is 10.0 Å². The Hall–Kier alpha value is -1.63. The van der Waals surface area contributed by atoms with Gasteiger partial charge in [-0.05, 0) is 31.2 Å². The number of nitrogens with one attached hydrogen (secondary N) is 1. The number of anilines is 1. The van der Waals surface area contributed by atoms with E-state index in [1.54, 1.807) is 0 Å². The zero-order valence-electron chi connectivity index (χ0n) is 10.4. The predicted molar refractivity (Wildman–Crippen MR) is 76.5 cm³/mol. The van der Waals surface area contributed by atoms with Crippen molar-refractivity contribution in [1.82, 2.24) is 4.90 Å². The highest BCUT2D eigenvalue weighted by atomic mass is 35.5. The van der Waals surface area contributed by atoms with Crippen molar-refractivity contribution in [1.29, 1.82) is 0 Å². The van der Waals surface area contributed by atoms with Crippen molar-refractivity contribution in [2.75, 3.05) is 18.4 Å². The third-order valence-corrected chi connectivity index (χ3v) is 3.10. The summed E-state index contributed by atoms with van der Waals surface area (Å²) in [6.45, 7) is 0.402. The summed E-state index contributed by atoms with van der Waals surface area (Å²) in [6.07, 6.45) is 0.719. The Balaban J connectivity index is 2.71. The molecule has 1 rings (SSSR count). The van der Waals surface area contributed by atoms with Gasteiger partial charge in [0.2, 0.25) is 6.41 Å². The average Bonchev–Trinajstić information content (AvgIpc) is 2.43. The number of nitrogens with zero attached hydrogens (tertiary/aromatic N) is 1. The lowest BCUT2D eigenvalue weighted by Crippen LogP contribution is -2.39. The summed E-state index contributed by atoms with van der Waals surface area (Å²) in [6, 6.07) is 4.38. The van der Waals surface area contributed by atoms with E-state index in [9.17, 15) is 14.4 Å². The van der Waals surface area contributed by atoms with E-state index in [-0.39, 0.29) is 11.6 Å². The summed E-state index contributed by atoms with van der Waals surface area (Å²) < 4.78 is 0. The first-order chi connectivity index (χ1) is 9.49. The van der Waals surface area contributed by atoms with Gasteiger partial charge in [-0.1, -0.05) is 23.2 Å². The SMILES string of the molecule is NCCCN(C=O)C(=O)C(=O)Nc1ccc(Cl)c(Cl)c1. The molecule has 0 heterocycles. The number of nitrogens with two attached hydrogens (primary N) is 1. The van der Waals surface area contributed by atoms with E-state index in [1.807, 2.05) is 0 Å². The van der Waals surface area contributed by atoms with Gasteiger partial charge in [-0.3, -0.25) is 19.3 Å². The van der Waals surface area contributed by atoms with Gasteiger partial charge in [-0.25, -0.2) is 0 Å². The molecule has 0 saturated heterocycles. The smallest absolute Gasteiger partial charge is 0.318 e. The number of halogens is 2. The summed E-state index contributed by atoms with van der Waals surface area (Å²) >= 11 is 11.5. The quantitative estimate of drug-likeness (QED) is 0.631. The van der Waals surface area contributed by atoms with Crippen molar-refractivity contribution in [3.63, 3.8) is 0 Å². The Morgan fingerprint density at radius 2 is 2.00 bits per heavy atom. The second kappa shape index (κ2) is 7.84. The standard InChI is InChI=1S/C12H13Cl2N3O3/c13-9-3-2-8(6-10(9)14)16-11(19)12(20)17(7-18)5-1-4-15/h2-3,6-7H,1,4-5,15H2,(H,16,19). The molecular weight excluding hydrogens is 305 g/mol. The van der Waals surface area contributed by atoms with Crippen LogP contribution in [0, 0.1) is 0 Å². The number of rotatable bonds is 5. The molecule has 0 aliphatic heterocycles. The Morgan fingerprint density at radius 3 is 2.55 bits per heavy atom. The van der Waals surface area contributed by atoms with Crippen LogP contribution in [0.5, 0.6) is 0 Å². The molecule has 0 aromatic heterocycles. The maximum atomic E-state index is 11.7. The minimum atomic E-state index is -0.959. The van der Waals surface area contributed by atoms with Crippen LogP contribution >= 0.6 is 23.2 Å². The zero-order chi connectivity index (χ0) is 15.1. The third-order valence-electron chi connectivity index (χ3n) is 2.36. The van der Waals surface area contributed by atoms with Gasteiger partial charge < -0.3 is 11.1 Å². The van der Waals surface area contributed by atoms with E-state index in [0.29, 0.717) is 30.1 Å². The molecule has 8 heteroatoms. The van der Waals surface area contributed by atoms with Crippen LogP contribution in [0.1, 0.15) is 6.42 Å². The van der Waals surface area contributed by atoms with Crippen molar-refractivity contribution in [3.8, 4) is 0 Å². The lowest BCUT2D eigenvalue weighted by molar-refractivity contribution is -0.146. The van der Waals surface area contributed by atoms with Crippen LogP contribution in [0.4, 0.5) is 5.69 Å². The zero-order valence-corrected chi connectivity index (χ0v) is 11.9. The summed E-state index contributed by atoms with van der Waals surface area (Å²) in [4.78, 5) is 34.9. The molecule has 0 radical (unpaired) electrons. The number of carbonyl (C=O) groups is 3. The van der Waals surface area contributed by atoms with E-state index in [1.165, 1.54) is 18.2 Å². The largest absolute Gasteiger partial charge is 0.330 e. The normalized spacial score (nSPS) is 9.95. The third kappa shape index (κ3) is 4.48. The molecule has 0 bridgehead atoms. The number of hydrogen-bond donors (Lipinski definition) is 2. The highest BCUT2D eigenvalue weighted by Crippen LogP contribution is 2.24. The number of benzene rings is 1. The van der Waals surface area contributed by atoms with Crippen LogP contribution in [0.25, 0.3) is 0 Å². The van der Waals surface area contributed by atoms with E-state index in [4.69, 9.17) is 28.9 Å². The Labute approximate surface area is 125 Å². The second-order valence-corrected chi connectivity index (χ2v) is 4.64. The van der Waals surface area contributed by atoms with Crippen molar-refractivity contribution in [3.05, 3.63) is 28.2 Å². The molecule has 0 fully saturated rings. The minimum Gasteiger partial charge on any atom is -0.330 e. The lowest BCUT2D eigenvalue weighted by Gasteiger charge is -2.14. The lowest BCUT2D eigenvalue weighted by atomic mass is 10.3. The molecule has 6 nitrogen and oxygen atoms in total. The van der Waals surface area contributed by atoms with Crippen LogP contribution in [-0.4, -0.2) is 36.2 Å². The van der Waals surface area contributed by atoms with Crippen molar-refractivity contribution in [2.24, 2.45) is 5.73 Å². The maximum Gasteiger partial charge on any atom is 0.318 e. The molecular formula is C12H13Cl2N3O3. The first-order valence-electron chi connectivity index (χ1n) is 5.72. The van der Waals surface area contributed by atoms with Crippen LogP contribution < -0.4 is 11.1 Å². The fourth-order valence-electron chi connectivity index (χ4n) is 1.35. The fourth-order valence-corrected chi connectivity index (χ4v) is 1.65. The summed E-state index contributed by atoms with van der Waals surface area (Å²) in [5, 5.41) is 2.91. The molecule has 1 aromatic carbocycles. The van der Waals surface area contributed by atoms with Crippen LogP contribution in [0.2, 0.25) is 10.0 Å². The number of amides is 3. The van der Waals surface area contributed by atoms with E-state index >= 15 is 0 Å². The second-order valence-electron chi connectivity index (χ2n) is 3.83. The molecule has 0 spiro atoms. The molecule has 1 aromatic rings. The van der Waals surface area contributed by atoms with E-state index < -0.39 is 11.8 Å². The van der Waals surface area contributed by atoms with Crippen LogP contribution in [0.3, 0.4) is 0 Å². The highest BCUT2D eigenvalue weighted by molar-refractivity contribution is 6.43. The monoisotopic (exact) mass is 317 g/mol. The molecule has 20 heavy (non-hydrogen) atoms. The maximum absolute atomic E-state index is 11.7. The molecule has 3 amide bonds. The van der Waals surface area contributed by atoms with Gasteiger partial charge in [0.15, 0.2) is 0 Å². The Bertz CT molecular complexity index is 523. The Kier molecular flexibility index (Phi) is 6.44. The highest BCUT2D eigenvalue weighted by Gasteiger charge is 2.21. The van der Waals surface area contributed by atoms with E-state index in [2.05, 4.69) is 5.32 Å². The Morgan fingerprint density at radius 1 is 1.30 bits per heavy atom. The summed E-state index contributed by atoms with van der Waals surface area (Å²) in [7, 11) is 0. The van der Waals surface area contributed by atoms with E-state index in [0.717, 1.165) is 4.90 Å². The van der Waals surface area contributed by atoms with Crippen LogP contribution in [-0.2, 0) is 14.4 Å². The first-order valence-corrected chi connectivity index (χ1v) is 6.47. The molecule has 0 unspecified atom stereocenters. The van der Waals surface area contributed by atoms with Gasteiger partial charge in [-0.15, -0.1) is 0 Å². The van der Waals surface area contributed by atoms with Gasteiger partial charge >= 0.3 is 11.8 Å². The number of carbonyl (C=O) groups excluding carboxylic acids is 3. The average molecular weight is 318 g/mol. The molecule has 0 saturated carbocycles. The summed E-state index contributed by atoms with van der Waals surface area (Å²) in [5.41, 5.74) is 5.59.